The summed E-state index contributed by atoms with van der Waals surface area (Å²) in [4.78, 5) is 11.7. The Morgan fingerprint density at radius 1 is 1.17 bits per heavy atom. The predicted octanol–water partition coefficient (Wildman–Crippen LogP) is 3.15. The van der Waals surface area contributed by atoms with Gasteiger partial charge in [-0.25, -0.2) is 0 Å². The highest BCUT2D eigenvalue weighted by Crippen LogP contribution is 2.21. The number of hydrogen-bond donors (Lipinski definition) is 3. The van der Waals surface area contributed by atoms with Gasteiger partial charge < -0.3 is 10.1 Å². The number of para-hydroxylation sites is 1. The molecule has 0 aliphatic heterocycles. The first-order valence-electron chi connectivity index (χ1n) is 6.84. The largest absolute Gasteiger partial charge is 0.484 e. The average Bonchev–Trinajstić information content (AvgIpc) is 2.55. The van der Waals surface area contributed by atoms with E-state index in [1.807, 2.05) is 49.4 Å². The molecule has 120 valence electrons. The third kappa shape index (κ3) is 5.88. The van der Waals surface area contributed by atoms with Crippen LogP contribution in [0.2, 0.25) is 0 Å². The summed E-state index contributed by atoms with van der Waals surface area (Å²) >= 11 is 8.49. The van der Waals surface area contributed by atoms with Gasteiger partial charge in [-0.15, -0.1) is 0 Å². The molecule has 0 heterocycles. The number of amides is 1. The predicted molar refractivity (Wildman–Crippen MR) is 98.3 cm³/mol. The van der Waals surface area contributed by atoms with E-state index in [4.69, 9.17) is 17.0 Å². The molecule has 0 bridgehead atoms. The Hall–Kier alpha value is -2.12. The zero-order valence-electron chi connectivity index (χ0n) is 12.4. The summed E-state index contributed by atoms with van der Waals surface area (Å²) in [5.41, 5.74) is 6.96. The van der Waals surface area contributed by atoms with E-state index in [1.165, 1.54) is 0 Å². The first-order chi connectivity index (χ1) is 11.0. The van der Waals surface area contributed by atoms with E-state index in [9.17, 15) is 4.79 Å². The second-order valence-electron chi connectivity index (χ2n) is 4.69. The molecule has 0 atom stereocenters. The van der Waals surface area contributed by atoms with Crippen LogP contribution in [-0.2, 0) is 4.79 Å². The highest BCUT2D eigenvalue weighted by molar-refractivity contribution is 9.10. The number of thiocarbonyl (C=S) groups is 1. The fourth-order valence-corrected chi connectivity index (χ4v) is 2.12. The van der Waals surface area contributed by atoms with E-state index in [2.05, 4.69) is 32.1 Å². The summed E-state index contributed by atoms with van der Waals surface area (Å²) in [6, 6.07) is 14.9. The Morgan fingerprint density at radius 2 is 1.91 bits per heavy atom. The van der Waals surface area contributed by atoms with Crippen molar-refractivity contribution in [1.29, 1.82) is 0 Å². The molecule has 2 aromatic rings. The van der Waals surface area contributed by atoms with Crippen LogP contribution in [0.5, 0.6) is 5.75 Å². The fraction of sp³-hybridized carbons (Fsp3) is 0.125. The quantitative estimate of drug-likeness (QED) is 0.550. The second kappa shape index (κ2) is 8.50. The molecule has 0 aliphatic rings. The van der Waals surface area contributed by atoms with Gasteiger partial charge in [-0.2, -0.15) is 0 Å². The van der Waals surface area contributed by atoms with Crippen LogP contribution in [0, 0.1) is 6.92 Å². The van der Waals surface area contributed by atoms with Crippen molar-refractivity contribution < 1.29 is 9.53 Å². The van der Waals surface area contributed by atoms with Crippen LogP contribution in [-0.4, -0.2) is 17.6 Å². The van der Waals surface area contributed by atoms with Gasteiger partial charge in [0.15, 0.2) is 11.7 Å². The van der Waals surface area contributed by atoms with Gasteiger partial charge in [0.05, 0.1) is 0 Å². The highest BCUT2D eigenvalue weighted by Gasteiger charge is 2.05. The molecule has 0 unspecified atom stereocenters. The Balaban J connectivity index is 1.72. The molecular formula is C16H16BrN3O2S. The number of hydrazine groups is 1. The van der Waals surface area contributed by atoms with E-state index < -0.39 is 0 Å². The smallest absolute Gasteiger partial charge is 0.276 e. The Kier molecular flexibility index (Phi) is 6.37. The van der Waals surface area contributed by atoms with Crippen LogP contribution in [0.1, 0.15) is 5.56 Å². The third-order valence-corrected chi connectivity index (χ3v) is 3.94. The van der Waals surface area contributed by atoms with E-state index in [1.54, 1.807) is 6.07 Å². The lowest BCUT2D eigenvalue weighted by Crippen LogP contribution is -2.45. The molecule has 0 saturated heterocycles. The van der Waals surface area contributed by atoms with Crippen LogP contribution < -0.4 is 20.9 Å². The molecule has 5 nitrogen and oxygen atoms in total. The molecule has 0 radical (unpaired) electrons. The summed E-state index contributed by atoms with van der Waals surface area (Å²) in [6.07, 6.45) is 0. The zero-order chi connectivity index (χ0) is 16.7. The number of carbonyl (C=O) groups is 1. The minimum atomic E-state index is -0.331. The Morgan fingerprint density at radius 3 is 2.61 bits per heavy atom. The van der Waals surface area contributed by atoms with Crippen LogP contribution in [0.4, 0.5) is 5.69 Å². The number of anilines is 1. The summed E-state index contributed by atoms with van der Waals surface area (Å²) in [5.74, 6) is 0.300. The molecule has 0 aromatic heterocycles. The maximum absolute atomic E-state index is 11.7. The monoisotopic (exact) mass is 393 g/mol. The second-order valence-corrected chi connectivity index (χ2v) is 5.96. The van der Waals surface area contributed by atoms with Gasteiger partial charge in [-0.3, -0.25) is 15.6 Å². The molecule has 0 spiro atoms. The molecule has 3 N–H and O–H groups in total. The van der Waals surface area contributed by atoms with Crippen molar-refractivity contribution >= 4 is 44.9 Å². The summed E-state index contributed by atoms with van der Waals surface area (Å²) < 4.78 is 6.41. The SMILES string of the molecule is Cc1cc(OCC(=O)NNC(=S)Nc2ccccc2)ccc1Br. The van der Waals surface area contributed by atoms with Crippen LogP contribution in [0.25, 0.3) is 0 Å². The normalized spacial score (nSPS) is 9.83. The van der Waals surface area contributed by atoms with Crippen molar-refractivity contribution in [1.82, 2.24) is 10.9 Å². The summed E-state index contributed by atoms with van der Waals surface area (Å²) in [7, 11) is 0. The van der Waals surface area contributed by atoms with Gasteiger partial charge >= 0.3 is 0 Å². The lowest BCUT2D eigenvalue weighted by molar-refractivity contribution is -0.123. The lowest BCUT2D eigenvalue weighted by Gasteiger charge is -2.12. The van der Waals surface area contributed by atoms with Gasteiger partial charge in [0.1, 0.15) is 5.75 Å². The maximum atomic E-state index is 11.7. The van der Waals surface area contributed by atoms with Crippen molar-refractivity contribution in [2.24, 2.45) is 0 Å². The standard InChI is InChI=1S/C16H16BrN3O2S/c1-11-9-13(7-8-14(11)17)22-10-15(21)19-20-16(23)18-12-5-3-2-4-6-12/h2-9H,10H2,1H3,(H,19,21)(H2,18,20,23). The fourth-order valence-electron chi connectivity index (χ4n) is 1.70. The molecule has 0 saturated carbocycles. The number of carbonyl (C=O) groups excluding carboxylic acids is 1. The Bertz CT molecular complexity index is 695. The first-order valence-corrected chi connectivity index (χ1v) is 8.04. The number of aryl methyl sites for hydroxylation is 1. The summed E-state index contributed by atoms with van der Waals surface area (Å²) in [6.45, 7) is 1.84. The van der Waals surface area contributed by atoms with Gasteiger partial charge in [0.25, 0.3) is 5.91 Å². The lowest BCUT2D eigenvalue weighted by atomic mass is 10.2. The Labute approximate surface area is 148 Å². The van der Waals surface area contributed by atoms with Crippen LogP contribution in [0.15, 0.2) is 53.0 Å². The number of rotatable bonds is 4. The van der Waals surface area contributed by atoms with E-state index in [-0.39, 0.29) is 12.5 Å². The van der Waals surface area contributed by atoms with Gasteiger partial charge in [0.2, 0.25) is 0 Å². The molecule has 2 rings (SSSR count). The number of hydrogen-bond acceptors (Lipinski definition) is 3. The van der Waals surface area contributed by atoms with Gasteiger partial charge in [-0.1, -0.05) is 34.1 Å². The highest BCUT2D eigenvalue weighted by atomic mass is 79.9. The average molecular weight is 394 g/mol. The van der Waals surface area contributed by atoms with E-state index in [0.29, 0.717) is 10.9 Å². The van der Waals surface area contributed by atoms with E-state index >= 15 is 0 Å². The number of ether oxygens (including phenoxy) is 1. The molecule has 1 amide bonds. The maximum Gasteiger partial charge on any atom is 0.276 e. The van der Waals surface area contributed by atoms with Crippen molar-refractivity contribution in [3.8, 4) is 5.75 Å². The third-order valence-electron chi connectivity index (χ3n) is 2.85. The topological polar surface area (TPSA) is 62.4 Å². The van der Waals surface area contributed by atoms with Crippen LogP contribution in [0.3, 0.4) is 0 Å². The van der Waals surface area contributed by atoms with Gasteiger partial charge in [0, 0.05) is 10.2 Å². The van der Waals surface area contributed by atoms with E-state index in [0.717, 1.165) is 15.7 Å². The van der Waals surface area contributed by atoms with Crippen LogP contribution >= 0.6 is 28.1 Å². The van der Waals surface area contributed by atoms with Crippen molar-refractivity contribution in [3.63, 3.8) is 0 Å². The molecule has 0 fully saturated rings. The summed E-state index contributed by atoms with van der Waals surface area (Å²) in [5, 5.41) is 3.24. The number of halogens is 1. The minimum absolute atomic E-state index is 0.109. The molecule has 7 heteroatoms. The first kappa shape index (κ1) is 17.2. The van der Waals surface area contributed by atoms with Crippen molar-refractivity contribution in [2.75, 3.05) is 11.9 Å². The molecule has 23 heavy (non-hydrogen) atoms. The molecule has 2 aromatic carbocycles. The van der Waals surface area contributed by atoms with Crippen molar-refractivity contribution in [2.45, 2.75) is 6.92 Å². The van der Waals surface area contributed by atoms with Gasteiger partial charge in [-0.05, 0) is 55.0 Å². The zero-order valence-corrected chi connectivity index (χ0v) is 14.8. The minimum Gasteiger partial charge on any atom is -0.484 e. The van der Waals surface area contributed by atoms with Crippen molar-refractivity contribution in [3.05, 3.63) is 58.6 Å². The molecular weight excluding hydrogens is 378 g/mol. The number of nitrogens with one attached hydrogen (secondary N) is 3. The molecule has 0 aliphatic carbocycles. The number of benzene rings is 2.